The van der Waals surface area contributed by atoms with Gasteiger partial charge < -0.3 is 14.4 Å². The molecule has 0 aliphatic heterocycles. The van der Waals surface area contributed by atoms with Crippen molar-refractivity contribution in [2.75, 3.05) is 6.54 Å². The van der Waals surface area contributed by atoms with E-state index in [1.54, 1.807) is 0 Å². The molecule has 2 aliphatic rings. The number of hydrogen-bond donors (Lipinski definition) is 1. The first-order chi connectivity index (χ1) is 11.1. The lowest BCUT2D eigenvalue weighted by Gasteiger charge is -2.29. The molecule has 1 heterocycles. The molecule has 1 amide bonds. The Bertz CT molecular complexity index is 582. The van der Waals surface area contributed by atoms with Crippen molar-refractivity contribution in [3.63, 3.8) is 0 Å². The van der Waals surface area contributed by atoms with Crippen LogP contribution < -0.4 is 0 Å². The van der Waals surface area contributed by atoms with E-state index in [1.165, 1.54) is 38.2 Å². The molecule has 126 valence electrons. The van der Waals surface area contributed by atoms with Crippen LogP contribution in [0.1, 0.15) is 78.5 Å². The lowest BCUT2D eigenvalue weighted by molar-refractivity contribution is 0.0661. The van der Waals surface area contributed by atoms with E-state index in [2.05, 4.69) is 0 Å². The Balaban J connectivity index is 1.76. The number of carboxylic acids is 1. The Labute approximate surface area is 136 Å². The van der Waals surface area contributed by atoms with Gasteiger partial charge in [0, 0.05) is 25.1 Å². The third-order valence-corrected chi connectivity index (χ3v) is 5.00. The lowest BCUT2D eigenvalue weighted by Crippen LogP contribution is -2.37. The Morgan fingerprint density at radius 3 is 2.43 bits per heavy atom. The Kier molecular flexibility index (Phi) is 4.74. The number of carbonyl (C=O) groups excluding carboxylic acids is 1. The van der Waals surface area contributed by atoms with Crippen molar-refractivity contribution in [3.05, 3.63) is 23.2 Å². The first-order valence-corrected chi connectivity index (χ1v) is 8.77. The van der Waals surface area contributed by atoms with Gasteiger partial charge in [0.2, 0.25) is 0 Å². The van der Waals surface area contributed by atoms with Crippen LogP contribution in [0, 0.1) is 5.92 Å². The van der Waals surface area contributed by atoms with Crippen LogP contribution in [-0.2, 0) is 6.42 Å². The summed E-state index contributed by atoms with van der Waals surface area (Å²) in [5.74, 6) is -0.0285. The van der Waals surface area contributed by atoms with E-state index in [0.29, 0.717) is 24.1 Å². The summed E-state index contributed by atoms with van der Waals surface area (Å²) in [7, 11) is 0. The van der Waals surface area contributed by atoms with E-state index in [0.717, 1.165) is 19.4 Å². The molecule has 0 atom stereocenters. The van der Waals surface area contributed by atoms with Gasteiger partial charge in [-0.3, -0.25) is 4.79 Å². The molecule has 5 nitrogen and oxygen atoms in total. The molecule has 2 saturated carbocycles. The molecule has 0 saturated heterocycles. The molecule has 1 aromatic rings. The Hall–Kier alpha value is -1.78. The summed E-state index contributed by atoms with van der Waals surface area (Å²) in [4.78, 5) is 26.0. The molecule has 2 fully saturated rings. The summed E-state index contributed by atoms with van der Waals surface area (Å²) in [5.41, 5.74) is 0.115. The van der Waals surface area contributed by atoms with Gasteiger partial charge in [-0.05, 0) is 31.6 Å². The number of rotatable bonds is 6. The van der Waals surface area contributed by atoms with Gasteiger partial charge in [-0.15, -0.1) is 0 Å². The largest absolute Gasteiger partial charge is 0.478 e. The van der Waals surface area contributed by atoms with Gasteiger partial charge in [0.25, 0.3) is 5.91 Å². The summed E-state index contributed by atoms with van der Waals surface area (Å²) in [6.45, 7) is 2.62. The molecule has 3 rings (SSSR count). The van der Waals surface area contributed by atoms with Gasteiger partial charge in [0.15, 0.2) is 5.76 Å². The lowest BCUT2D eigenvalue weighted by atomic mass is 9.89. The van der Waals surface area contributed by atoms with Gasteiger partial charge in [0.1, 0.15) is 11.3 Å². The zero-order valence-corrected chi connectivity index (χ0v) is 13.7. The second-order valence-corrected chi connectivity index (χ2v) is 6.80. The summed E-state index contributed by atoms with van der Waals surface area (Å²) in [6, 6.07) is 1.72. The molecule has 0 bridgehead atoms. The maximum absolute atomic E-state index is 12.8. The molecular formula is C18H25NO4. The highest BCUT2D eigenvalue weighted by atomic mass is 16.4. The number of amides is 1. The smallest absolute Gasteiger partial charge is 0.339 e. The number of hydrogen-bond acceptors (Lipinski definition) is 3. The summed E-state index contributed by atoms with van der Waals surface area (Å²) in [6.07, 6.45) is 8.75. The van der Waals surface area contributed by atoms with Gasteiger partial charge in [0.05, 0.1) is 0 Å². The van der Waals surface area contributed by atoms with Crippen LogP contribution in [-0.4, -0.2) is 34.5 Å². The average Bonchev–Trinajstić information content (AvgIpc) is 3.30. The van der Waals surface area contributed by atoms with Crippen molar-refractivity contribution in [2.24, 2.45) is 5.92 Å². The first kappa shape index (κ1) is 16.1. The zero-order valence-electron chi connectivity index (χ0n) is 13.7. The number of aromatic carboxylic acids is 1. The van der Waals surface area contributed by atoms with E-state index in [-0.39, 0.29) is 17.2 Å². The van der Waals surface area contributed by atoms with Crippen molar-refractivity contribution in [1.82, 2.24) is 4.90 Å². The number of nitrogens with zero attached hydrogens (tertiary/aromatic N) is 1. The quantitative estimate of drug-likeness (QED) is 0.867. The van der Waals surface area contributed by atoms with Gasteiger partial charge in [-0.1, -0.05) is 26.2 Å². The number of furan rings is 1. The molecule has 0 radical (unpaired) electrons. The molecule has 0 spiro atoms. The standard InChI is InChI=1S/C18H25NO4/c1-2-15-14(18(21)22)10-16(23-15)17(20)19(13-8-9-13)11-12-6-4-3-5-7-12/h10,12-13H,2-9,11H2,1H3,(H,21,22). The van der Waals surface area contributed by atoms with Crippen LogP contribution in [0.15, 0.2) is 10.5 Å². The molecule has 5 heteroatoms. The fourth-order valence-corrected chi connectivity index (χ4v) is 3.55. The van der Waals surface area contributed by atoms with Crippen molar-refractivity contribution >= 4 is 11.9 Å². The Morgan fingerprint density at radius 2 is 1.91 bits per heavy atom. The van der Waals surface area contributed by atoms with E-state index < -0.39 is 5.97 Å². The Morgan fingerprint density at radius 1 is 1.22 bits per heavy atom. The van der Waals surface area contributed by atoms with Crippen molar-refractivity contribution in [3.8, 4) is 0 Å². The predicted octanol–water partition coefficient (Wildman–Crippen LogP) is 3.73. The minimum Gasteiger partial charge on any atom is -0.478 e. The molecular weight excluding hydrogens is 294 g/mol. The highest BCUT2D eigenvalue weighted by Gasteiger charge is 2.36. The number of carboxylic acid groups (broad SMARTS) is 1. The van der Waals surface area contributed by atoms with Crippen LogP contribution >= 0.6 is 0 Å². The van der Waals surface area contributed by atoms with Crippen molar-refractivity contribution in [1.29, 1.82) is 0 Å². The maximum atomic E-state index is 12.8. The van der Waals surface area contributed by atoms with E-state index in [4.69, 9.17) is 4.42 Å². The summed E-state index contributed by atoms with van der Waals surface area (Å²) in [5, 5.41) is 9.23. The molecule has 1 N–H and O–H groups in total. The van der Waals surface area contributed by atoms with E-state index >= 15 is 0 Å². The predicted molar refractivity (Wildman–Crippen MR) is 85.7 cm³/mol. The number of carbonyl (C=O) groups is 2. The highest BCUT2D eigenvalue weighted by molar-refractivity contribution is 5.96. The van der Waals surface area contributed by atoms with Crippen LogP contribution in [0.25, 0.3) is 0 Å². The topological polar surface area (TPSA) is 70.8 Å². The summed E-state index contributed by atoms with van der Waals surface area (Å²) >= 11 is 0. The molecule has 0 unspecified atom stereocenters. The third kappa shape index (κ3) is 3.59. The van der Waals surface area contributed by atoms with E-state index in [1.807, 2.05) is 11.8 Å². The highest BCUT2D eigenvalue weighted by Crippen LogP contribution is 2.33. The second-order valence-electron chi connectivity index (χ2n) is 6.80. The SMILES string of the molecule is CCc1oc(C(=O)N(CC2CCCCC2)C2CC2)cc1C(=O)O. The van der Waals surface area contributed by atoms with Crippen LogP contribution in [0.2, 0.25) is 0 Å². The van der Waals surface area contributed by atoms with Gasteiger partial charge >= 0.3 is 5.97 Å². The number of aryl methyl sites for hydroxylation is 1. The van der Waals surface area contributed by atoms with Crippen LogP contribution in [0.5, 0.6) is 0 Å². The fraction of sp³-hybridized carbons (Fsp3) is 0.667. The summed E-state index contributed by atoms with van der Waals surface area (Å²) < 4.78 is 5.56. The van der Waals surface area contributed by atoms with Crippen molar-refractivity contribution < 1.29 is 19.1 Å². The first-order valence-electron chi connectivity index (χ1n) is 8.77. The second kappa shape index (κ2) is 6.77. The van der Waals surface area contributed by atoms with Crippen LogP contribution in [0.4, 0.5) is 0 Å². The monoisotopic (exact) mass is 319 g/mol. The molecule has 0 aromatic carbocycles. The van der Waals surface area contributed by atoms with E-state index in [9.17, 15) is 14.7 Å². The average molecular weight is 319 g/mol. The maximum Gasteiger partial charge on any atom is 0.339 e. The van der Waals surface area contributed by atoms with Gasteiger partial charge in [-0.2, -0.15) is 0 Å². The normalized spacial score (nSPS) is 18.8. The minimum atomic E-state index is -1.03. The van der Waals surface area contributed by atoms with Crippen LogP contribution in [0.3, 0.4) is 0 Å². The molecule has 23 heavy (non-hydrogen) atoms. The van der Waals surface area contributed by atoms with Gasteiger partial charge in [-0.25, -0.2) is 4.79 Å². The zero-order chi connectivity index (χ0) is 16.4. The van der Waals surface area contributed by atoms with Crippen molar-refractivity contribution in [2.45, 2.75) is 64.3 Å². The third-order valence-electron chi connectivity index (χ3n) is 5.00. The fourth-order valence-electron chi connectivity index (χ4n) is 3.55. The molecule has 1 aromatic heterocycles. The minimum absolute atomic E-state index is 0.115. The molecule has 2 aliphatic carbocycles.